The minimum absolute atomic E-state index is 0.0331. The Kier molecular flexibility index (Phi) is 5.24. The summed E-state index contributed by atoms with van der Waals surface area (Å²) in [6, 6.07) is 29.9. The molecule has 0 saturated carbocycles. The van der Waals surface area contributed by atoms with Gasteiger partial charge in [-0.15, -0.1) is 0 Å². The molecule has 0 aliphatic carbocycles. The molecular formula is C26H28BNO2. The van der Waals surface area contributed by atoms with E-state index in [9.17, 15) is 0 Å². The van der Waals surface area contributed by atoms with Crippen molar-refractivity contribution in [3.8, 4) is 0 Å². The van der Waals surface area contributed by atoms with Crippen LogP contribution in [0.3, 0.4) is 0 Å². The highest BCUT2D eigenvalue weighted by molar-refractivity contribution is 6.61. The van der Waals surface area contributed by atoms with E-state index in [0.29, 0.717) is 0 Å². The fourth-order valence-electron chi connectivity index (χ4n) is 5.02. The zero-order valence-corrected chi connectivity index (χ0v) is 17.7. The van der Waals surface area contributed by atoms with E-state index < -0.39 is 7.12 Å². The first-order valence-corrected chi connectivity index (χ1v) is 10.8. The molecule has 0 radical (unpaired) electrons. The quantitative estimate of drug-likeness (QED) is 0.615. The lowest BCUT2D eigenvalue weighted by atomic mass is 9.65. The van der Waals surface area contributed by atoms with Crippen molar-refractivity contribution >= 4 is 12.6 Å². The Bertz CT molecular complexity index is 979. The van der Waals surface area contributed by atoms with Gasteiger partial charge >= 0.3 is 7.12 Å². The summed E-state index contributed by atoms with van der Waals surface area (Å²) in [6.07, 6.45) is 0.918. The molecule has 3 aromatic carbocycles. The molecule has 30 heavy (non-hydrogen) atoms. The van der Waals surface area contributed by atoms with Gasteiger partial charge in [0, 0.05) is 19.0 Å². The molecule has 2 aliphatic heterocycles. The van der Waals surface area contributed by atoms with Crippen molar-refractivity contribution in [1.82, 2.24) is 4.90 Å². The molecule has 2 aliphatic rings. The van der Waals surface area contributed by atoms with Crippen LogP contribution < -0.4 is 5.46 Å². The Balaban J connectivity index is 1.64. The first-order chi connectivity index (χ1) is 14.7. The maximum atomic E-state index is 6.94. The highest BCUT2D eigenvalue weighted by atomic mass is 16.6. The van der Waals surface area contributed by atoms with Gasteiger partial charge in [0.15, 0.2) is 0 Å². The average Bonchev–Trinajstić information content (AvgIpc) is 2.80. The number of hydrogen-bond donors (Lipinski definition) is 0. The third kappa shape index (κ3) is 3.49. The normalized spacial score (nSPS) is 26.9. The zero-order valence-electron chi connectivity index (χ0n) is 17.7. The molecule has 3 unspecified atom stereocenters. The van der Waals surface area contributed by atoms with E-state index in [-0.39, 0.29) is 17.6 Å². The van der Waals surface area contributed by atoms with Crippen LogP contribution in [0.4, 0.5) is 0 Å². The molecule has 3 nitrogen and oxygen atoms in total. The number of piperidine rings is 1. The van der Waals surface area contributed by atoms with Gasteiger partial charge in [0.1, 0.15) is 0 Å². The van der Waals surface area contributed by atoms with Crippen LogP contribution in [0.5, 0.6) is 0 Å². The first kappa shape index (κ1) is 19.6. The number of likely N-dealkylation sites (tertiary alicyclic amines) is 1. The lowest BCUT2D eigenvalue weighted by Crippen LogP contribution is -2.61. The number of aryl methyl sites for hydroxylation is 1. The van der Waals surface area contributed by atoms with Gasteiger partial charge in [-0.1, -0.05) is 90.5 Å². The summed E-state index contributed by atoms with van der Waals surface area (Å²) in [4.78, 5) is 2.40. The second kappa shape index (κ2) is 8.03. The summed E-state index contributed by atoms with van der Waals surface area (Å²) >= 11 is 0. The van der Waals surface area contributed by atoms with Gasteiger partial charge in [-0.3, -0.25) is 0 Å². The van der Waals surface area contributed by atoms with Crippen molar-refractivity contribution < 1.29 is 9.31 Å². The Labute approximate surface area is 179 Å². The monoisotopic (exact) mass is 397 g/mol. The van der Waals surface area contributed by atoms with Crippen LogP contribution in [-0.2, 0) is 14.9 Å². The highest BCUT2D eigenvalue weighted by Gasteiger charge is 2.55. The first-order valence-electron chi connectivity index (χ1n) is 10.8. The van der Waals surface area contributed by atoms with Crippen molar-refractivity contribution in [3.63, 3.8) is 0 Å². The van der Waals surface area contributed by atoms with Crippen molar-refractivity contribution in [2.45, 2.75) is 25.0 Å². The zero-order chi connectivity index (χ0) is 20.6. The van der Waals surface area contributed by atoms with Gasteiger partial charge in [0.2, 0.25) is 0 Å². The average molecular weight is 397 g/mol. The molecule has 0 amide bonds. The summed E-state index contributed by atoms with van der Waals surface area (Å²) in [5.41, 5.74) is 4.42. The van der Waals surface area contributed by atoms with Gasteiger partial charge in [0.05, 0.1) is 11.7 Å². The molecule has 2 heterocycles. The molecule has 0 spiro atoms. The molecule has 0 N–H and O–H groups in total. The second-order valence-corrected chi connectivity index (χ2v) is 8.70. The molecule has 0 aromatic heterocycles. The smallest absolute Gasteiger partial charge is 0.400 e. The van der Waals surface area contributed by atoms with Crippen LogP contribution in [0, 0.1) is 12.8 Å². The number of benzene rings is 3. The molecule has 2 saturated heterocycles. The maximum Gasteiger partial charge on any atom is 0.495 e. The SMILES string of the molecule is Cc1ccc(B2OC(c3ccccc3)C3CN(C)CCC3(c3ccccc3)O2)cc1. The molecule has 2 fully saturated rings. The minimum atomic E-state index is -0.393. The van der Waals surface area contributed by atoms with Crippen molar-refractivity contribution in [3.05, 3.63) is 102 Å². The lowest BCUT2D eigenvalue weighted by molar-refractivity contribution is -0.147. The highest BCUT2D eigenvalue weighted by Crippen LogP contribution is 2.51. The van der Waals surface area contributed by atoms with Crippen LogP contribution in [0.2, 0.25) is 0 Å². The Morgan fingerprint density at radius 3 is 2.27 bits per heavy atom. The van der Waals surface area contributed by atoms with E-state index in [1.807, 2.05) is 0 Å². The Morgan fingerprint density at radius 2 is 1.57 bits per heavy atom. The van der Waals surface area contributed by atoms with E-state index >= 15 is 0 Å². The molecule has 3 atom stereocenters. The number of rotatable bonds is 3. The number of nitrogens with zero attached hydrogens (tertiary/aromatic N) is 1. The van der Waals surface area contributed by atoms with Crippen molar-refractivity contribution in [2.24, 2.45) is 5.92 Å². The van der Waals surface area contributed by atoms with Crippen LogP contribution in [0.25, 0.3) is 0 Å². The van der Waals surface area contributed by atoms with E-state index in [1.165, 1.54) is 16.7 Å². The van der Waals surface area contributed by atoms with E-state index in [2.05, 4.69) is 104 Å². The van der Waals surface area contributed by atoms with Crippen LogP contribution in [-0.4, -0.2) is 32.2 Å². The summed E-state index contributed by atoms with van der Waals surface area (Å²) in [6.45, 7) is 4.06. The summed E-state index contributed by atoms with van der Waals surface area (Å²) < 4.78 is 13.7. The van der Waals surface area contributed by atoms with Crippen LogP contribution >= 0.6 is 0 Å². The third-order valence-corrected chi connectivity index (χ3v) is 6.67. The van der Waals surface area contributed by atoms with Crippen molar-refractivity contribution in [1.29, 1.82) is 0 Å². The van der Waals surface area contributed by atoms with Gasteiger partial charge < -0.3 is 14.2 Å². The molecule has 4 heteroatoms. The van der Waals surface area contributed by atoms with Gasteiger partial charge in [-0.25, -0.2) is 0 Å². The van der Waals surface area contributed by atoms with Crippen LogP contribution in [0.15, 0.2) is 84.9 Å². The standard InChI is InChI=1S/C26H28BNO2/c1-20-13-15-23(16-14-20)27-29-25(21-9-5-3-6-10-21)24-19-28(2)18-17-26(24,30-27)22-11-7-4-8-12-22/h3-16,24-25H,17-19H2,1-2H3. The topological polar surface area (TPSA) is 21.7 Å². The van der Waals surface area contributed by atoms with Gasteiger partial charge in [-0.2, -0.15) is 0 Å². The third-order valence-electron chi connectivity index (χ3n) is 6.67. The minimum Gasteiger partial charge on any atom is -0.400 e. The fraction of sp³-hybridized carbons (Fsp3) is 0.308. The summed E-state index contributed by atoms with van der Waals surface area (Å²) in [5.74, 6) is 0.211. The molecule has 152 valence electrons. The summed E-state index contributed by atoms with van der Waals surface area (Å²) in [5, 5.41) is 0. The maximum absolute atomic E-state index is 6.94. The summed E-state index contributed by atoms with van der Waals surface area (Å²) in [7, 11) is 1.80. The predicted octanol–water partition coefficient (Wildman–Crippen LogP) is 4.33. The predicted molar refractivity (Wildman–Crippen MR) is 122 cm³/mol. The van der Waals surface area contributed by atoms with Crippen LogP contribution in [0.1, 0.15) is 29.2 Å². The molecule has 3 aromatic rings. The van der Waals surface area contributed by atoms with E-state index in [1.54, 1.807) is 0 Å². The number of fused-ring (bicyclic) bond motifs is 1. The largest absolute Gasteiger partial charge is 0.495 e. The number of hydrogen-bond acceptors (Lipinski definition) is 3. The molecular weight excluding hydrogens is 369 g/mol. The van der Waals surface area contributed by atoms with Gasteiger partial charge in [-0.05, 0) is 37.0 Å². The Morgan fingerprint density at radius 1 is 0.900 bits per heavy atom. The second-order valence-electron chi connectivity index (χ2n) is 8.70. The lowest BCUT2D eigenvalue weighted by Gasteiger charge is -2.54. The van der Waals surface area contributed by atoms with Crippen molar-refractivity contribution in [2.75, 3.05) is 20.1 Å². The van der Waals surface area contributed by atoms with Gasteiger partial charge in [0.25, 0.3) is 0 Å². The van der Waals surface area contributed by atoms with E-state index in [4.69, 9.17) is 9.31 Å². The fourth-order valence-corrected chi connectivity index (χ4v) is 5.02. The molecule has 0 bridgehead atoms. The molecule has 5 rings (SSSR count). The Hall–Kier alpha value is -2.40. The van der Waals surface area contributed by atoms with E-state index in [0.717, 1.165) is 25.0 Å².